The van der Waals surface area contributed by atoms with Crippen LogP contribution in [0.25, 0.3) is 10.8 Å². The number of nitrogens with zero attached hydrogens (tertiary/aromatic N) is 3. The second kappa shape index (κ2) is 8.53. The van der Waals surface area contributed by atoms with Crippen LogP contribution in [0.5, 0.6) is 11.5 Å². The maximum atomic E-state index is 13.1. The first kappa shape index (κ1) is 20.4. The SMILES string of the molecule is CC1CCN(c2nn(CC(=O)Nc3ccc4c(c3)OCCO4)c(=O)c3ccccc23)CC1. The Hall–Kier alpha value is -3.55. The van der Waals surface area contributed by atoms with Gasteiger partial charge in [0, 0.05) is 30.2 Å². The highest BCUT2D eigenvalue weighted by Gasteiger charge is 2.22. The number of ether oxygens (including phenoxy) is 2. The number of carbonyl (C=O) groups excluding carboxylic acids is 1. The molecule has 2 aliphatic rings. The molecule has 32 heavy (non-hydrogen) atoms. The smallest absolute Gasteiger partial charge is 0.275 e. The first-order valence-corrected chi connectivity index (χ1v) is 11.0. The van der Waals surface area contributed by atoms with Gasteiger partial charge in [0.25, 0.3) is 5.56 Å². The van der Waals surface area contributed by atoms with E-state index in [0.717, 1.165) is 37.1 Å². The van der Waals surface area contributed by atoms with Crippen LogP contribution < -0.4 is 25.2 Å². The molecule has 0 aliphatic carbocycles. The van der Waals surface area contributed by atoms with Crippen LogP contribution in [0.3, 0.4) is 0 Å². The van der Waals surface area contributed by atoms with E-state index in [1.165, 1.54) is 4.68 Å². The summed E-state index contributed by atoms with van der Waals surface area (Å²) >= 11 is 0. The Morgan fingerprint density at radius 1 is 1.06 bits per heavy atom. The van der Waals surface area contributed by atoms with Gasteiger partial charge in [-0.05, 0) is 37.0 Å². The molecule has 0 atom stereocenters. The summed E-state index contributed by atoms with van der Waals surface area (Å²) in [7, 11) is 0. The molecule has 3 aromatic rings. The van der Waals surface area contributed by atoms with Gasteiger partial charge < -0.3 is 19.7 Å². The standard InChI is InChI=1S/C24H26N4O4/c1-16-8-10-27(11-9-16)23-18-4-2-3-5-19(18)24(30)28(26-23)15-22(29)25-17-6-7-20-21(14-17)32-13-12-31-20/h2-7,14,16H,8-13,15H2,1H3,(H,25,29). The average Bonchev–Trinajstić information content (AvgIpc) is 2.81. The highest BCUT2D eigenvalue weighted by molar-refractivity contribution is 5.93. The predicted molar refractivity (Wildman–Crippen MR) is 123 cm³/mol. The molecule has 0 saturated carbocycles. The summed E-state index contributed by atoms with van der Waals surface area (Å²) in [6.07, 6.45) is 2.17. The lowest BCUT2D eigenvalue weighted by Gasteiger charge is -2.32. The van der Waals surface area contributed by atoms with Crippen molar-refractivity contribution < 1.29 is 14.3 Å². The summed E-state index contributed by atoms with van der Waals surface area (Å²) in [5, 5.41) is 8.86. The molecule has 0 bridgehead atoms. The maximum absolute atomic E-state index is 13.1. The number of nitrogens with one attached hydrogen (secondary N) is 1. The molecule has 5 rings (SSSR count). The Kier molecular flexibility index (Phi) is 5.43. The van der Waals surface area contributed by atoms with Crippen LogP contribution in [0, 0.1) is 5.92 Å². The van der Waals surface area contributed by atoms with Crippen LogP contribution in [0.1, 0.15) is 19.8 Å². The van der Waals surface area contributed by atoms with E-state index in [2.05, 4.69) is 22.2 Å². The molecular weight excluding hydrogens is 408 g/mol. The topological polar surface area (TPSA) is 85.7 Å². The molecule has 0 radical (unpaired) electrons. The highest BCUT2D eigenvalue weighted by Crippen LogP contribution is 2.32. The second-order valence-corrected chi connectivity index (χ2v) is 8.41. The number of piperidine rings is 1. The lowest BCUT2D eigenvalue weighted by molar-refractivity contribution is -0.117. The fraction of sp³-hybridized carbons (Fsp3) is 0.375. The molecule has 1 N–H and O–H groups in total. The number of anilines is 2. The van der Waals surface area contributed by atoms with Gasteiger partial charge in [-0.3, -0.25) is 9.59 Å². The largest absolute Gasteiger partial charge is 0.486 e. The Morgan fingerprint density at radius 3 is 2.56 bits per heavy atom. The van der Waals surface area contributed by atoms with E-state index in [-0.39, 0.29) is 18.0 Å². The first-order chi connectivity index (χ1) is 15.6. The number of aromatic nitrogens is 2. The van der Waals surface area contributed by atoms with Crippen molar-refractivity contribution in [3.8, 4) is 11.5 Å². The Bertz CT molecular complexity index is 1210. The van der Waals surface area contributed by atoms with Crippen molar-refractivity contribution in [3.05, 3.63) is 52.8 Å². The number of benzene rings is 2. The van der Waals surface area contributed by atoms with Crippen LogP contribution in [-0.2, 0) is 11.3 Å². The molecule has 1 aromatic heterocycles. The molecule has 8 heteroatoms. The van der Waals surface area contributed by atoms with E-state index in [1.807, 2.05) is 18.2 Å². The summed E-state index contributed by atoms with van der Waals surface area (Å²) in [4.78, 5) is 28.1. The number of hydrogen-bond acceptors (Lipinski definition) is 6. The Balaban J connectivity index is 1.42. The van der Waals surface area contributed by atoms with Crippen molar-refractivity contribution in [1.82, 2.24) is 9.78 Å². The predicted octanol–water partition coefficient (Wildman–Crippen LogP) is 3.04. The minimum atomic E-state index is -0.329. The van der Waals surface area contributed by atoms with Gasteiger partial charge in [-0.25, -0.2) is 4.68 Å². The minimum Gasteiger partial charge on any atom is -0.486 e. The summed E-state index contributed by atoms with van der Waals surface area (Å²) in [6, 6.07) is 12.7. The molecule has 1 saturated heterocycles. The molecule has 3 heterocycles. The fourth-order valence-electron chi connectivity index (χ4n) is 4.24. The van der Waals surface area contributed by atoms with Gasteiger partial charge in [-0.15, -0.1) is 0 Å². The minimum absolute atomic E-state index is 0.171. The van der Waals surface area contributed by atoms with Crippen molar-refractivity contribution in [3.63, 3.8) is 0 Å². The number of fused-ring (bicyclic) bond motifs is 2. The van der Waals surface area contributed by atoms with Crippen molar-refractivity contribution in [2.45, 2.75) is 26.3 Å². The molecule has 1 fully saturated rings. The molecule has 0 spiro atoms. The number of carbonyl (C=O) groups is 1. The van der Waals surface area contributed by atoms with Gasteiger partial charge in [0.1, 0.15) is 19.8 Å². The van der Waals surface area contributed by atoms with E-state index >= 15 is 0 Å². The zero-order valence-electron chi connectivity index (χ0n) is 18.0. The third-order valence-electron chi connectivity index (χ3n) is 6.05. The van der Waals surface area contributed by atoms with Gasteiger partial charge in [0.05, 0.1) is 5.39 Å². The molecule has 2 aliphatic heterocycles. The third kappa shape index (κ3) is 4.00. The van der Waals surface area contributed by atoms with Crippen molar-refractivity contribution in [2.24, 2.45) is 5.92 Å². The Morgan fingerprint density at radius 2 is 1.78 bits per heavy atom. The lowest BCUT2D eigenvalue weighted by atomic mass is 9.99. The average molecular weight is 434 g/mol. The van der Waals surface area contributed by atoms with Gasteiger partial charge in [-0.1, -0.05) is 25.1 Å². The van der Waals surface area contributed by atoms with Crippen molar-refractivity contribution in [2.75, 3.05) is 36.5 Å². The molecule has 0 unspecified atom stereocenters. The normalized spacial score (nSPS) is 16.2. The van der Waals surface area contributed by atoms with Gasteiger partial charge >= 0.3 is 0 Å². The zero-order chi connectivity index (χ0) is 22.1. The van der Waals surface area contributed by atoms with Crippen LogP contribution >= 0.6 is 0 Å². The number of rotatable bonds is 4. The Labute approximate surface area is 185 Å². The van der Waals surface area contributed by atoms with E-state index in [4.69, 9.17) is 9.47 Å². The van der Waals surface area contributed by atoms with Crippen LogP contribution in [0.4, 0.5) is 11.5 Å². The molecule has 8 nitrogen and oxygen atoms in total. The van der Waals surface area contributed by atoms with Crippen molar-refractivity contribution >= 4 is 28.2 Å². The summed E-state index contributed by atoms with van der Waals surface area (Å²) in [6.45, 7) is 4.84. The van der Waals surface area contributed by atoms with E-state index in [9.17, 15) is 9.59 Å². The van der Waals surface area contributed by atoms with Crippen molar-refractivity contribution in [1.29, 1.82) is 0 Å². The first-order valence-electron chi connectivity index (χ1n) is 11.0. The maximum Gasteiger partial charge on any atom is 0.275 e. The molecule has 1 amide bonds. The quantitative estimate of drug-likeness (QED) is 0.679. The van der Waals surface area contributed by atoms with Crippen LogP contribution in [-0.4, -0.2) is 42.0 Å². The highest BCUT2D eigenvalue weighted by atomic mass is 16.6. The van der Waals surface area contributed by atoms with Crippen LogP contribution in [0.2, 0.25) is 0 Å². The number of hydrogen-bond donors (Lipinski definition) is 1. The van der Waals surface area contributed by atoms with Gasteiger partial charge in [-0.2, -0.15) is 5.10 Å². The van der Waals surface area contributed by atoms with Crippen LogP contribution in [0.15, 0.2) is 47.3 Å². The summed E-state index contributed by atoms with van der Waals surface area (Å²) in [5.41, 5.74) is 0.311. The van der Waals surface area contributed by atoms with Gasteiger partial charge in [0.2, 0.25) is 5.91 Å². The molecular formula is C24H26N4O4. The number of amides is 1. The van der Waals surface area contributed by atoms with E-state index < -0.39 is 0 Å². The summed E-state index contributed by atoms with van der Waals surface area (Å²) in [5.74, 6) is 2.36. The summed E-state index contributed by atoms with van der Waals surface area (Å²) < 4.78 is 12.4. The lowest BCUT2D eigenvalue weighted by Crippen LogP contribution is -2.37. The molecule has 166 valence electrons. The fourth-order valence-corrected chi connectivity index (χ4v) is 4.24. The van der Waals surface area contributed by atoms with E-state index in [1.54, 1.807) is 24.3 Å². The van der Waals surface area contributed by atoms with E-state index in [0.29, 0.717) is 41.7 Å². The molecule has 2 aromatic carbocycles. The second-order valence-electron chi connectivity index (χ2n) is 8.41. The zero-order valence-corrected chi connectivity index (χ0v) is 18.0. The van der Waals surface area contributed by atoms with Gasteiger partial charge in [0.15, 0.2) is 17.3 Å². The third-order valence-corrected chi connectivity index (χ3v) is 6.05. The monoisotopic (exact) mass is 434 g/mol.